The third-order valence-electron chi connectivity index (χ3n) is 2.38. The molecule has 1 aliphatic rings. The topological polar surface area (TPSA) is 101 Å². The Labute approximate surface area is 86.3 Å². The number of rotatable bonds is 3. The molecule has 0 aromatic carbocycles. The van der Waals surface area contributed by atoms with Crippen molar-refractivity contribution in [2.24, 2.45) is 5.73 Å². The number of carbonyl (C=O) groups is 3. The molecule has 1 aliphatic heterocycles. The van der Waals surface area contributed by atoms with E-state index in [0.717, 1.165) is 4.90 Å². The molecular weight excluding hydrogens is 200 g/mol. The lowest BCUT2D eigenvalue weighted by Crippen LogP contribution is -2.43. The first-order chi connectivity index (χ1) is 6.86. The minimum atomic E-state index is -1.52. The summed E-state index contributed by atoms with van der Waals surface area (Å²) in [7, 11) is 0. The van der Waals surface area contributed by atoms with Crippen LogP contribution >= 0.6 is 0 Å². The number of β-amino-alcohol motifs (C(OH)–C–C–N with tert-alkyl or cyclic N) is 1. The first-order valence-corrected chi connectivity index (χ1v) is 4.37. The fourth-order valence-electron chi connectivity index (χ4n) is 1.25. The molecule has 0 aromatic heterocycles. The highest BCUT2D eigenvalue weighted by atomic mass is 16.3. The van der Waals surface area contributed by atoms with Gasteiger partial charge in [0, 0.05) is 11.1 Å². The van der Waals surface area contributed by atoms with Crippen molar-refractivity contribution in [3.05, 3.63) is 11.1 Å². The summed E-state index contributed by atoms with van der Waals surface area (Å²) in [6.45, 7) is 2.65. The van der Waals surface area contributed by atoms with Crippen LogP contribution in [0, 0.1) is 0 Å². The monoisotopic (exact) mass is 212 g/mol. The lowest BCUT2D eigenvalue weighted by molar-refractivity contribution is -0.140. The summed E-state index contributed by atoms with van der Waals surface area (Å²) in [6, 6.07) is 0. The number of imide groups is 1. The number of carbonyl (C=O) groups excluding carboxylic acids is 3. The van der Waals surface area contributed by atoms with Gasteiger partial charge in [0.15, 0.2) is 6.10 Å². The second-order valence-corrected chi connectivity index (χ2v) is 3.39. The second-order valence-electron chi connectivity index (χ2n) is 3.39. The van der Waals surface area contributed by atoms with Crippen molar-refractivity contribution < 1.29 is 19.5 Å². The zero-order valence-electron chi connectivity index (χ0n) is 8.48. The average Bonchev–Trinajstić information content (AvgIpc) is 2.35. The largest absolute Gasteiger partial charge is 0.381 e. The predicted molar refractivity (Wildman–Crippen MR) is 50.3 cm³/mol. The molecule has 1 rings (SSSR count). The van der Waals surface area contributed by atoms with E-state index < -0.39 is 23.8 Å². The fourth-order valence-corrected chi connectivity index (χ4v) is 1.25. The van der Waals surface area contributed by atoms with Crippen LogP contribution in [-0.2, 0) is 14.4 Å². The van der Waals surface area contributed by atoms with Gasteiger partial charge < -0.3 is 10.8 Å². The van der Waals surface area contributed by atoms with Crippen LogP contribution in [0.1, 0.15) is 13.8 Å². The van der Waals surface area contributed by atoms with E-state index >= 15 is 0 Å². The van der Waals surface area contributed by atoms with E-state index in [1.807, 2.05) is 0 Å². The minimum Gasteiger partial charge on any atom is -0.381 e. The van der Waals surface area contributed by atoms with Gasteiger partial charge in [0.2, 0.25) is 5.91 Å². The van der Waals surface area contributed by atoms with Gasteiger partial charge in [-0.15, -0.1) is 0 Å². The molecule has 1 atom stereocenters. The molecule has 0 aromatic rings. The smallest absolute Gasteiger partial charge is 0.256 e. The number of aliphatic hydroxyl groups excluding tert-OH is 1. The van der Waals surface area contributed by atoms with Crippen molar-refractivity contribution in [2.45, 2.75) is 20.0 Å². The van der Waals surface area contributed by atoms with E-state index in [9.17, 15) is 14.4 Å². The molecule has 0 aliphatic carbocycles. The highest BCUT2D eigenvalue weighted by Gasteiger charge is 2.35. The molecule has 0 bridgehead atoms. The summed E-state index contributed by atoms with van der Waals surface area (Å²) in [5, 5.41) is 9.16. The molecule has 82 valence electrons. The van der Waals surface area contributed by atoms with E-state index in [2.05, 4.69) is 0 Å². The van der Waals surface area contributed by atoms with E-state index in [-0.39, 0.29) is 6.54 Å². The molecule has 6 heteroatoms. The number of amides is 3. The zero-order chi connectivity index (χ0) is 11.7. The molecule has 0 fully saturated rings. The summed E-state index contributed by atoms with van der Waals surface area (Å²) in [4.78, 5) is 34.3. The number of nitrogens with two attached hydrogens (primary N) is 1. The molecular formula is C9H12N2O4. The molecule has 6 nitrogen and oxygen atoms in total. The quantitative estimate of drug-likeness (QED) is 0.558. The van der Waals surface area contributed by atoms with Gasteiger partial charge in [0.25, 0.3) is 11.8 Å². The lowest BCUT2D eigenvalue weighted by atomic mass is 10.2. The number of hydrogen-bond donors (Lipinski definition) is 2. The molecule has 3 N–H and O–H groups in total. The van der Waals surface area contributed by atoms with Crippen LogP contribution in [0.5, 0.6) is 0 Å². The standard InChI is InChI=1S/C9H12N2O4/c1-4-5(2)9(15)11(8(4)14)3-6(12)7(10)13/h6,12H,3H2,1-2H3,(H2,10,13). The second kappa shape index (κ2) is 3.82. The first-order valence-electron chi connectivity index (χ1n) is 4.37. The maximum atomic E-state index is 11.5. The Morgan fingerprint density at radius 2 is 1.73 bits per heavy atom. The Hall–Kier alpha value is -1.69. The van der Waals surface area contributed by atoms with E-state index in [0.29, 0.717) is 11.1 Å². The van der Waals surface area contributed by atoms with Gasteiger partial charge in [-0.1, -0.05) is 0 Å². The fraction of sp³-hybridized carbons (Fsp3) is 0.444. The molecule has 0 radical (unpaired) electrons. The predicted octanol–water partition coefficient (Wildman–Crippen LogP) is -1.46. The summed E-state index contributed by atoms with van der Waals surface area (Å²) in [5.74, 6) is -1.94. The Morgan fingerprint density at radius 1 is 1.33 bits per heavy atom. The number of hydrogen-bond acceptors (Lipinski definition) is 4. The number of nitrogens with zero attached hydrogens (tertiary/aromatic N) is 1. The Morgan fingerprint density at radius 3 is 2.07 bits per heavy atom. The van der Waals surface area contributed by atoms with Crippen molar-refractivity contribution in [1.82, 2.24) is 4.90 Å². The molecule has 0 saturated carbocycles. The third-order valence-corrected chi connectivity index (χ3v) is 2.38. The Kier molecular flexibility index (Phi) is 2.90. The van der Waals surface area contributed by atoms with Gasteiger partial charge in [-0.2, -0.15) is 0 Å². The highest BCUT2D eigenvalue weighted by molar-refractivity contribution is 6.18. The summed E-state index contributed by atoms with van der Waals surface area (Å²) in [5.41, 5.74) is 5.48. The van der Waals surface area contributed by atoms with Crippen LogP contribution in [0.15, 0.2) is 11.1 Å². The molecule has 1 unspecified atom stereocenters. The van der Waals surface area contributed by atoms with Crippen LogP contribution in [0.25, 0.3) is 0 Å². The van der Waals surface area contributed by atoms with Gasteiger partial charge in [0.1, 0.15) is 0 Å². The number of aliphatic hydroxyl groups is 1. The third kappa shape index (κ3) is 1.89. The molecule has 0 saturated heterocycles. The lowest BCUT2D eigenvalue weighted by Gasteiger charge is -2.16. The number of primary amides is 1. The summed E-state index contributed by atoms with van der Waals surface area (Å²) in [6.07, 6.45) is -1.52. The van der Waals surface area contributed by atoms with Crippen LogP contribution in [-0.4, -0.2) is 40.4 Å². The molecule has 1 heterocycles. The normalized spacial score (nSPS) is 18.7. The summed E-state index contributed by atoms with van der Waals surface area (Å²) < 4.78 is 0. The Balaban J connectivity index is 2.81. The zero-order valence-corrected chi connectivity index (χ0v) is 8.48. The minimum absolute atomic E-state index is 0.330. The van der Waals surface area contributed by atoms with Gasteiger partial charge in [0.05, 0.1) is 6.54 Å². The van der Waals surface area contributed by atoms with Gasteiger partial charge in [-0.3, -0.25) is 19.3 Å². The van der Waals surface area contributed by atoms with Gasteiger partial charge in [-0.05, 0) is 13.8 Å². The Bertz CT molecular complexity index is 348. The average molecular weight is 212 g/mol. The summed E-state index contributed by atoms with van der Waals surface area (Å²) >= 11 is 0. The van der Waals surface area contributed by atoms with Crippen molar-refractivity contribution in [3.63, 3.8) is 0 Å². The van der Waals surface area contributed by atoms with E-state index in [1.165, 1.54) is 13.8 Å². The van der Waals surface area contributed by atoms with E-state index in [4.69, 9.17) is 10.8 Å². The van der Waals surface area contributed by atoms with Crippen molar-refractivity contribution in [2.75, 3.05) is 6.54 Å². The highest BCUT2D eigenvalue weighted by Crippen LogP contribution is 2.19. The maximum Gasteiger partial charge on any atom is 0.256 e. The molecule has 3 amide bonds. The van der Waals surface area contributed by atoms with Crippen LogP contribution in [0.2, 0.25) is 0 Å². The van der Waals surface area contributed by atoms with Crippen molar-refractivity contribution in [1.29, 1.82) is 0 Å². The van der Waals surface area contributed by atoms with E-state index in [1.54, 1.807) is 0 Å². The van der Waals surface area contributed by atoms with Gasteiger partial charge >= 0.3 is 0 Å². The SMILES string of the molecule is CC1=C(C)C(=O)N(CC(O)C(N)=O)C1=O. The van der Waals surface area contributed by atoms with Crippen LogP contribution in [0.4, 0.5) is 0 Å². The molecule has 0 spiro atoms. The molecule has 15 heavy (non-hydrogen) atoms. The maximum absolute atomic E-state index is 11.5. The van der Waals surface area contributed by atoms with Crippen LogP contribution in [0.3, 0.4) is 0 Å². The van der Waals surface area contributed by atoms with Crippen molar-refractivity contribution in [3.8, 4) is 0 Å². The van der Waals surface area contributed by atoms with Crippen LogP contribution < -0.4 is 5.73 Å². The first kappa shape index (κ1) is 11.4. The van der Waals surface area contributed by atoms with Gasteiger partial charge in [-0.25, -0.2) is 0 Å². The van der Waals surface area contributed by atoms with Crippen molar-refractivity contribution >= 4 is 17.7 Å².